The van der Waals surface area contributed by atoms with Gasteiger partial charge in [0.15, 0.2) is 0 Å². The number of rotatable bonds is 4. The number of aromatic amines is 1. The molecule has 0 fully saturated rings. The van der Waals surface area contributed by atoms with E-state index >= 15 is 0 Å². The zero-order valence-corrected chi connectivity index (χ0v) is 9.53. The SMILES string of the molecule is CCc1ccc(-c2cnc(CCN)[nH]2)cc1. The Bertz CT molecular complexity index is 442. The summed E-state index contributed by atoms with van der Waals surface area (Å²) in [5.41, 5.74) is 9.07. The summed E-state index contributed by atoms with van der Waals surface area (Å²) in [5.74, 6) is 0.956. The number of hydrogen-bond donors (Lipinski definition) is 2. The van der Waals surface area contributed by atoms with Crippen LogP contribution in [0.3, 0.4) is 0 Å². The lowest BCUT2D eigenvalue weighted by molar-refractivity contribution is 0.895. The topological polar surface area (TPSA) is 54.7 Å². The smallest absolute Gasteiger partial charge is 0.107 e. The summed E-state index contributed by atoms with van der Waals surface area (Å²) in [4.78, 5) is 7.57. The van der Waals surface area contributed by atoms with Gasteiger partial charge in [0.1, 0.15) is 5.82 Å². The molecule has 3 N–H and O–H groups in total. The van der Waals surface area contributed by atoms with Crippen molar-refractivity contribution < 1.29 is 0 Å². The molecule has 0 saturated carbocycles. The largest absolute Gasteiger partial charge is 0.342 e. The van der Waals surface area contributed by atoms with Gasteiger partial charge in [-0.3, -0.25) is 0 Å². The molecule has 1 aromatic carbocycles. The second-order valence-corrected chi connectivity index (χ2v) is 3.83. The minimum absolute atomic E-state index is 0.627. The van der Waals surface area contributed by atoms with E-state index in [1.807, 2.05) is 6.20 Å². The molecule has 0 saturated heterocycles. The molecule has 0 bridgehead atoms. The third-order valence-corrected chi connectivity index (χ3v) is 2.68. The maximum Gasteiger partial charge on any atom is 0.107 e. The van der Waals surface area contributed by atoms with Crippen LogP contribution in [-0.2, 0) is 12.8 Å². The molecule has 3 heteroatoms. The molecule has 0 spiro atoms. The molecule has 84 valence electrons. The summed E-state index contributed by atoms with van der Waals surface area (Å²) in [5, 5.41) is 0. The molecule has 3 nitrogen and oxygen atoms in total. The number of H-pyrrole nitrogens is 1. The lowest BCUT2D eigenvalue weighted by Gasteiger charge is -1.99. The molecular formula is C13H17N3. The van der Waals surface area contributed by atoms with Crippen LogP contribution < -0.4 is 5.73 Å². The third kappa shape index (κ3) is 2.31. The molecule has 0 radical (unpaired) electrons. The molecule has 0 atom stereocenters. The average molecular weight is 215 g/mol. The average Bonchev–Trinajstić information content (AvgIpc) is 2.78. The summed E-state index contributed by atoms with van der Waals surface area (Å²) in [6, 6.07) is 8.55. The molecule has 16 heavy (non-hydrogen) atoms. The summed E-state index contributed by atoms with van der Waals surface area (Å²) < 4.78 is 0. The van der Waals surface area contributed by atoms with E-state index in [-0.39, 0.29) is 0 Å². The maximum atomic E-state index is 5.49. The quantitative estimate of drug-likeness (QED) is 0.821. The van der Waals surface area contributed by atoms with Gasteiger partial charge in [-0.1, -0.05) is 31.2 Å². The van der Waals surface area contributed by atoms with Crippen LogP contribution in [0.1, 0.15) is 18.3 Å². The standard InChI is InChI=1S/C13H17N3/c1-2-10-3-5-11(6-4-10)12-9-15-13(16-12)7-8-14/h3-6,9H,2,7-8,14H2,1H3,(H,15,16). The molecule has 0 aliphatic rings. The number of benzene rings is 1. The van der Waals surface area contributed by atoms with Gasteiger partial charge in [0.05, 0.1) is 11.9 Å². The van der Waals surface area contributed by atoms with Crippen LogP contribution in [-0.4, -0.2) is 16.5 Å². The highest BCUT2D eigenvalue weighted by molar-refractivity contribution is 5.58. The second kappa shape index (κ2) is 4.94. The summed E-state index contributed by atoms with van der Waals surface area (Å²) in [6.07, 6.45) is 3.74. The second-order valence-electron chi connectivity index (χ2n) is 3.83. The van der Waals surface area contributed by atoms with Gasteiger partial charge >= 0.3 is 0 Å². The van der Waals surface area contributed by atoms with E-state index in [1.54, 1.807) is 0 Å². The first-order chi connectivity index (χ1) is 7.83. The Morgan fingerprint density at radius 3 is 2.62 bits per heavy atom. The lowest BCUT2D eigenvalue weighted by Crippen LogP contribution is -2.03. The van der Waals surface area contributed by atoms with Gasteiger partial charge in [0.25, 0.3) is 0 Å². The number of nitrogens with zero attached hydrogens (tertiary/aromatic N) is 1. The number of nitrogens with two attached hydrogens (primary N) is 1. The van der Waals surface area contributed by atoms with Crippen molar-refractivity contribution in [2.75, 3.05) is 6.54 Å². The fraction of sp³-hybridized carbons (Fsp3) is 0.308. The fourth-order valence-corrected chi connectivity index (χ4v) is 1.69. The molecule has 0 aliphatic heterocycles. The van der Waals surface area contributed by atoms with Crippen LogP contribution in [0.4, 0.5) is 0 Å². The van der Waals surface area contributed by atoms with Crippen molar-refractivity contribution in [2.24, 2.45) is 5.73 Å². The van der Waals surface area contributed by atoms with Gasteiger partial charge in [-0.25, -0.2) is 4.98 Å². The lowest BCUT2D eigenvalue weighted by atomic mass is 10.1. The van der Waals surface area contributed by atoms with E-state index in [0.29, 0.717) is 6.54 Å². The monoisotopic (exact) mass is 215 g/mol. The van der Waals surface area contributed by atoms with Crippen molar-refractivity contribution in [3.63, 3.8) is 0 Å². The van der Waals surface area contributed by atoms with E-state index in [1.165, 1.54) is 11.1 Å². The zero-order valence-electron chi connectivity index (χ0n) is 9.53. The van der Waals surface area contributed by atoms with Crippen LogP contribution in [0.2, 0.25) is 0 Å². The van der Waals surface area contributed by atoms with Crippen LogP contribution in [0.5, 0.6) is 0 Å². The third-order valence-electron chi connectivity index (χ3n) is 2.68. The first-order valence-corrected chi connectivity index (χ1v) is 5.66. The van der Waals surface area contributed by atoms with Gasteiger partial charge in [0, 0.05) is 6.42 Å². The fourth-order valence-electron chi connectivity index (χ4n) is 1.69. The van der Waals surface area contributed by atoms with E-state index in [4.69, 9.17) is 5.73 Å². The molecule has 0 unspecified atom stereocenters. The minimum atomic E-state index is 0.627. The highest BCUT2D eigenvalue weighted by Gasteiger charge is 2.02. The normalized spacial score (nSPS) is 10.6. The predicted molar refractivity (Wildman–Crippen MR) is 66.2 cm³/mol. The Hall–Kier alpha value is -1.61. The number of aromatic nitrogens is 2. The van der Waals surface area contributed by atoms with Crippen molar-refractivity contribution in [3.05, 3.63) is 41.9 Å². The summed E-state index contributed by atoms with van der Waals surface area (Å²) >= 11 is 0. The number of nitrogens with one attached hydrogen (secondary N) is 1. The van der Waals surface area contributed by atoms with Crippen molar-refractivity contribution in [2.45, 2.75) is 19.8 Å². The minimum Gasteiger partial charge on any atom is -0.342 e. The molecule has 1 heterocycles. The predicted octanol–water partition coefficient (Wildman–Crippen LogP) is 2.14. The molecule has 0 aliphatic carbocycles. The van der Waals surface area contributed by atoms with Crippen molar-refractivity contribution >= 4 is 0 Å². The van der Waals surface area contributed by atoms with Crippen LogP contribution in [0, 0.1) is 0 Å². The highest BCUT2D eigenvalue weighted by Crippen LogP contribution is 2.17. The Balaban J connectivity index is 2.21. The van der Waals surface area contributed by atoms with Gasteiger partial charge in [-0.2, -0.15) is 0 Å². The number of aryl methyl sites for hydroxylation is 1. The van der Waals surface area contributed by atoms with E-state index in [0.717, 1.165) is 24.4 Å². The van der Waals surface area contributed by atoms with Gasteiger partial charge in [-0.05, 0) is 24.1 Å². The molecule has 2 aromatic rings. The summed E-state index contributed by atoms with van der Waals surface area (Å²) in [6.45, 7) is 2.78. The van der Waals surface area contributed by atoms with Crippen LogP contribution in [0.25, 0.3) is 11.3 Å². The Labute approximate surface area is 95.7 Å². The van der Waals surface area contributed by atoms with Gasteiger partial charge in [-0.15, -0.1) is 0 Å². The zero-order chi connectivity index (χ0) is 11.4. The van der Waals surface area contributed by atoms with Gasteiger partial charge in [0.2, 0.25) is 0 Å². The highest BCUT2D eigenvalue weighted by atomic mass is 14.9. The Kier molecular flexibility index (Phi) is 3.37. The van der Waals surface area contributed by atoms with E-state index < -0.39 is 0 Å². The number of hydrogen-bond acceptors (Lipinski definition) is 2. The number of imidazole rings is 1. The first kappa shape index (κ1) is 10.9. The van der Waals surface area contributed by atoms with Crippen molar-refractivity contribution in [1.82, 2.24) is 9.97 Å². The Morgan fingerprint density at radius 1 is 1.25 bits per heavy atom. The summed E-state index contributed by atoms with van der Waals surface area (Å²) in [7, 11) is 0. The molecule has 2 rings (SSSR count). The maximum absolute atomic E-state index is 5.49. The van der Waals surface area contributed by atoms with Crippen LogP contribution >= 0.6 is 0 Å². The van der Waals surface area contributed by atoms with Crippen molar-refractivity contribution in [3.8, 4) is 11.3 Å². The van der Waals surface area contributed by atoms with E-state index in [2.05, 4.69) is 41.2 Å². The van der Waals surface area contributed by atoms with Crippen LogP contribution in [0.15, 0.2) is 30.5 Å². The molecule has 0 amide bonds. The van der Waals surface area contributed by atoms with E-state index in [9.17, 15) is 0 Å². The molecule has 1 aromatic heterocycles. The first-order valence-electron chi connectivity index (χ1n) is 5.66. The molecular weight excluding hydrogens is 198 g/mol. The van der Waals surface area contributed by atoms with Gasteiger partial charge < -0.3 is 10.7 Å². The Morgan fingerprint density at radius 2 is 2.00 bits per heavy atom. The van der Waals surface area contributed by atoms with Crippen molar-refractivity contribution in [1.29, 1.82) is 0 Å².